The summed E-state index contributed by atoms with van der Waals surface area (Å²) in [5.41, 5.74) is 0.217. The molecular weight excluding hydrogens is 350 g/mol. The molecule has 0 aliphatic carbocycles. The largest absolute Gasteiger partial charge is 0.507 e. The van der Waals surface area contributed by atoms with E-state index in [4.69, 9.17) is 16.3 Å². The fraction of sp³-hybridized carbons (Fsp3) is 0.400. The Balaban J connectivity index is 2.30. The smallest absolute Gasteiger partial charge is 0.315 e. The zero-order valence-electron chi connectivity index (χ0n) is 13.8. The molecule has 7 nitrogen and oxygen atoms in total. The first-order valence-corrected chi connectivity index (χ1v) is 11.5. The average molecular weight is 370 g/mol. The number of ether oxygens (including phenoxy) is 1. The summed E-state index contributed by atoms with van der Waals surface area (Å²) in [4.78, 5) is 10.7. The van der Waals surface area contributed by atoms with Crippen LogP contribution in [0.2, 0.25) is 30.7 Å². The van der Waals surface area contributed by atoms with Crippen molar-refractivity contribution in [3.63, 3.8) is 0 Å². The summed E-state index contributed by atoms with van der Waals surface area (Å²) in [5, 5.41) is 25.7. The van der Waals surface area contributed by atoms with Crippen molar-refractivity contribution in [1.29, 1.82) is 0 Å². The van der Waals surface area contributed by atoms with Gasteiger partial charge in [-0.25, -0.2) is 4.68 Å². The Hall–Kier alpha value is -1.90. The summed E-state index contributed by atoms with van der Waals surface area (Å²) in [6.07, 6.45) is 1.15. The molecule has 0 bridgehead atoms. The Morgan fingerprint density at radius 1 is 1.42 bits per heavy atom. The summed E-state index contributed by atoms with van der Waals surface area (Å²) in [5.74, 6) is -0.105. The molecule has 0 radical (unpaired) electrons. The highest BCUT2D eigenvalue weighted by Crippen LogP contribution is 2.37. The fourth-order valence-electron chi connectivity index (χ4n) is 2.11. The summed E-state index contributed by atoms with van der Waals surface area (Å²) in [7, 11) is -1.22. The molecule has 0 fully saturated rings. The topological polar surface area (TPSA) is 90.4 Å². The maximum atomic E-state index is 11.3. The Labute approximate surface area is 146 Å². The second kappa shape index (κ2) is 7.33. The molecular formula is C15H20ClN3O4Si. The third-order valence-corrected chi connectivity index (χ3v) is 5.38. The number of rotatable bonds is 7. The van der Waals surface area contributed by atoms with E-state index < -0.39 is 13.0 Å². The van der Waals surface area contributed by atoms with E-state index in [9.17, 15) is 15.2 Å². The first kappa shape index (κ1) is 18.4. The summed E-state index contributed by atoms with van der Waals surface area (Å²) in [6, 6.07) is 5.36. The monoisotopic (exact) mass is 369 g/mol. The highest BCUT2D eigenvalue weighted by Gasteiger charge is 2.25. The van der Waals surface area contributed by atoms with E-state index in [2.05, 4.69) is 24.7 Å². The van der Waals surface area contributed by atoms with Gasteiger partial charge in [0.05, 0.1) is 10.5 Å². The Kier molecular flexibility index (Phi) is 5.63. The van der Waals surface area contributed by atoms with Crippen LogP contribution in [0.1, 0.15) is 0 Å². The quantitative estimate of drug-likeness (QED) is 0.343. The zero-order valence-corrected chi connectivity index (χ0v) is 15.6. The van der Waals surface area contributed by atoms with Crippen LogP contribution in [0.3, 0.4) is 0 Å². The highest BCUT2D eigenvalue weighted by atomic mass is 35.5. The Morgan fingerprint density at radius 2 is 2.12 bits per heavy atom. The van der Waals surface area contributed by atoms with E-state index in [1.165, 1.54) is 22.9 Å². The Morgan fingerprint density at radius 3 is 2.75 bits per heavy atom. The van der Waals surface area contributed by atoms with E-state index in [0.29, 0.717) is 11.6 Å². The minimum absolute atomic E-state index is 0.0691. The van der Waals surface area contributed by atoms with Gasteiger partial charge in [0.15, 0.2) is 5.69 Å². The number of phenolic OH excluding ortho intramolecular Hbond substituents is 1. The van der Waals surface area contributed by atoms with Crippen LogP contribution in [-0.2, 0) is 11.5 Å². The van der Waals surface area contributed by atoms with Gasteiger partial charge in [0, 0.05) is 19.7 Å². The minimum atomic E-state index is -1.22. The fourth-order valence-corrected chi connectivity index (χ4v) is 3.04. The maximum absolute atomic E-state index is 11.3. The van der Waals surface area contributed by atoms with Crippen LogP contribution >= 0.6 is 11.6 Å². The van der Waals surface area contributed by atoms with Crippen LogP contribution in [0.4, 0.5) is 5.69 Å². The van der Waals surface area contributed by atoms with E-state index in [-0.39, 0.29) is 29.4 Å². The van der Waals surface area contributed by atoms with Gasteiger partial charge in [-0.1, -0.05) is 31.2 Å². The van der Waals surface area contributed by atoms with Crippen LogP contribution in [0, 0.1) is 10.1 Å². The molecule has 0 saturated carbocycles. The van der Waals surface area contributed by atoms with Gasteiger partial charge in [-0.15, -0.1) is 0 Å². The van der Waals surface area contributed by atoms with Crippen molar-refractivity contribution in [2.24, 2.45) is 0 Å². The third kappa shape index (κ3) is 4.56. The van der Waals surface area contributed by atoms with Crippen molar-refractivity contribution in [2.45, 2.75) is 32.4 Å². The number of phenols is 1. The molecule has 1 N–H and O–H groups in total. The normalized spacial score (nSPS) is 11.7. The lowest BCUT2D eigenvalue weighted by molar-refractivity contribution is -0.384. The first-order valence-electron chi connectivity index (χ1n) is 7.46. The second-order valence-corrected chi connectivity index (χ2v) is 12.7. The van der Waals surface area contributed by atoms with Crippen molar-refractivity contribution in [1.82, 2.24) is 9.78 Å². The summed E-state index contributed by atoms with van der Waals surface area (Å²) in [6.45, 7) is 7.35. The number of aromatic nitrogens is 2. The summed E-state index contributed by atoms with van der Waals surface area (Å²) >= 11 is 5.96. The van der Waals surface area contributed by atoms with Gasteiger partial charge in [-0.05, 0) is 24.2 Å². The Bertz CT molecular complexity index is 743. The number of hydrogen-bond acceptors (Lipinski definition) is 5. The van der Waals surface area contributed by atoms with Gasteiger partial charge in [0.25, 0.3) is 0 Å². The molecule has 0 saturated heterocycles. The third-order valence-electron chi connectivity index (χ3n) is 3.44. The lowest BCUT2D eigenvalue weighted by atomic mass is 10.1. The van der Waals surface area contributed by atoms with Crippen molar-refractivity contribution in [3.05, 3.63) is 39.5 Å². The van der Waals surface area contributed by atoms with Crippen molar-refractivity contribution < 1.29 is 14.8 Å². The highest BCUT2D eigenvalue weighted by molar-refractivity contribution is 6.76. The van der Waals surface area contributed by atoms with Gasteiger partial charge in [0.2, 0.25) is 0 Å². The molecule has 0 aliphatic heterocycles. The molecule has 2 rings (SSSR count). The van der Waals surface area contributed by atoms with Crippen LogP contribution in [0.15, 0.2) is 24.4 Å². The van der Waals surface area contributed by atoms with E-state index in [0.717, 1.165) is 12.2 Å². The standard InChI is InChI=1S/C15H20ClN3O4Si/c1-24(2,3)7-6-23-10-18-15(13(9-17-18)19(21)22)12-8-11(16)4-5-14(12)20/h4-5,8-9,20H,6-7,10H2,1-3H3. The summed E-state index contributed by atoms with van der Waals surface area (Å²) < 4.78 is 6.99. The number of hydrogen-bond donors (Lipinski definition) is 1. The van der Waals surface area contributed by atoms with Gasteiger partial charge >= 0.3 is 5.69 Å². The van der Waals surface area contributed by atoms with Crippen LogP contribution in [0.25, 0.3) is 11.3 Å². The molecule has 1 heterocycles. The predicted molar refractivity (Wildman–Crippen MR) is 95.1 cm³/mol. The molecule has 1 aromatic carbocycles. The van der Waals surface area contributed by atoms with E-state index in [1.807, 2.05) is 0 Å². The SMILES string of the molecule is C[Si](C)(C)CCOCn1ncc([N+](=O)[O-])c1-c1cc(Cl)ccc1O. The average Bonchev–Trinajstić information content (AvgIpc) is 2.89. The molecule has 0 amide bonds. The maximum Gasteiger partial charge on any atom is 0.315 e. The van der Waals surface area contributed by atoms with E-state index >= 15 is 0 Å². The lowest BCUT2D eigenvalue weighted by Crippen LogP contribution is -2.22. The number of nitro groups is 1. The first-order chi connectivity index (χ1) is 11.2. The second-order valence-electron chi connectivity index (χ2n) is 6.64. The van der Waals surface area contributed by atoms with Gasteiger partial charge in [0.1, 0.15) is 18.7 Å². The molecule has 0 aliphatic rings. The molecule has 2 aromatic rings. The molecule has 0 unspecified atom stereocenters. The molecule has 0 spiro atoms. The molecule has 0 atom stereocenters. The van der Waals surface area contributed by atoms with Gasteiger partial charge in [-0.2, -0.15) is 5.10 Å². The number of benzene rings is 1. The van der Waals surface area contributed by atoms with Crippen molar-refractivity contribution >= 4 is 25.4 Å². The molecule has 9 heteroatoms. The molecule has 130 valence electrons. The van der Waals surface area contributed by atoms with Crippen LogP contribution < -0.4 is 0 Å². The number of aromatic hydroxyl groups is 1. The molecule has 24 heavy (non-hydrogen) atoms. The van der Waals surface area contributed by atoms with Crippen LogP contribution in [-0.4, -0.2) is 34.5 Å². The van der Waals surface area contributed by atoms with Gasteiger partial charge < -0.3 is 9.84 Å². The van der Waals surface area contributed by atoms with E-state index in [1.54, 1.807) is 0 Å². The minimum Gasteiger partial charge on any atom is -0.507 e. The zero-order chi connectivity index (χ0) is 17.9. The van der Waals surface area contributed by atoms with Gasteiger partial charge in [-0.3, -0.25) is 10.1 Å². The number of halogens is 1. The van der Waals surface area contributed by atoms with Crippen molar-refractivity contribution in [2.75, 3.05) is 6.61 Å². The van der Waals surface area contributed by atoms with Crippen molar-refractivity contribution in [3.8, 4) is 17.0 Å². The molecule has 1 aromatic heterocycles. The van der Waals surface area contributed by atoms with Crippen LogP contribution in [0.5, 0.6) is 5.75 Å². The number of nitrogens with zero attached hydrogens (tertiary/aromatic N) is 3. The predicted octanol–water partition coefficient (Wildman–Crippen LogP) is 4.13. The lowest BCUT2D eigenvalue weighted by Gasteiger charge is -2.16.